The number of nitrogens with one attached hydrogen (secondary N) is 1. The highest BCUT2D eigenvalue weighted by atomic mass is 16.6. The Bertz CT molecular complexity index is 1060. The third-order valence-electron chi connectivity index (χ3n) is 7.97. The van der Waals surface area contributed by atoms with Gasteiger partial charge in [-0.15, -0.1) is 0 Å². The number of carbonyl (C=O) groups excluding carboxylic acids is 1. The fraction of sp³-hybridized carbons (Fsp3) is 0.552. The van der Waals surface area contributed by atoms with E-state index in [9.17, 15) is 4.79 Å². The van der Waals surface area contributed by atoms with Crippen LogP contribution >= 0.6 is 0 Å². The molecular weight excluding hydrogens is 438 g/mol. The number of benzene rings is 2. The molecule has 3 fully saturated rings. The van der Waals surface area contributed by atoms with Crippen molar-refractivity contribution in [2.75, 3.05) is 46.9 Å². The second-order valence-electron chi connectivity index (χ2n) is 11.4. The van der Waals surface area contributed by atoms with Crippen LogP contribution in [0, 0.1) is 11.3 Å². The molecule has 3 heterocycles. The standard InChI is InChI=1S/C29H39N3O3/c1-29(2)18-23-16-22(21-6-5-7-24(17-21)34-15-14-31(3)4)8-9-25(23)27(29)30-28(33)35-26-19-32-12-10-20(26)11-13-32/h5-9,16-17,20,26-27H,10-15,18-19H2,1-4H3,(H,30,33)/t26-,27?/m0/s1. The fourth-order valence-electron chi connectivity index (χ4n) is 5.95. The van der Waals surface area contributed by atoms with Gasteiger partial charge in [0, 0.05) is 13.1 Å². The molecule has 1 N–H and O–H groups in total. The highest BCUT2D eigenvalue weighted by molar-refractivity contribution is 5.70. The summed E-state index contributed by atoms with van der Waals surface area (Å²) >= 11 is 0. The van der Waals surface area contributed by atoms with Gasteiger partial charge in [-0.05, 0) is 92.2 Å². The van der Waals surface area contributed by atoms with Gasteiger partial charge in [0.1, 0.15) is 18.5 Å². The molecule has 2 aromatic rings. The van der Waals surface area contributed by atoms with Crippen molar-refractivity contribution in [3.63, 3.8) is 0 Å². The van der Waals surface area contributed by atoms with E-state index in [1.807, 2.05) is 26.2 Å². The molecule has 1 aliphatic carbocycles. The zero-order valence-electron chi connectivity index (χ0n) is 21.5. The number of amides is 1. The Morgan fingerprint density at radius 1 is 1.11 bits per heavy atom. The number of rotatable bonds is 7. The zero-order chi connectivity index (χ0) is 24.6. The van der Waals surface area contributed by atoms with E-state index < -0.39 is 0 Å². The van der Waals surface area contributed by atoms with Crippen molar-refractivity contribution in [3.8, 4) is 16.9 Å². The quantitative estimate of drug-likeness (QED) is 0.624. The molecule has 35 heavy (non-hydrogen) atoms. The Morgan fingerprint density at radius 2 is 1.89 bits per heavy atom. The summed E-state index contributed by atoms with van der Waals surface area (Å²) in [6.07, 6.45) is 2.94. The van der Waals surface area contributed by atoms with Crippen molar-refractivity contribution in [1.82, 2.24) is 15.1 Å². The number of carbonyl (C=O) groups is 1. The summed E-state index contributed by atoms with van der Waals surface area (Å²) in [5, 5.41) is 3.23. The molecule has 1 amide bonds. The smallest absolute Gasteiger partial charge is 0.407 e. The number of likely N-dealkylation sites (N-methyl/N-ethyl adjacent to an activating group) is 1. The molecule has 0 radical (unpaired) electrons. The first-order chi connectivity index (χ1) is 16.8. The van der Waals surface area contributed by atoms with Gasteiger partial charge in [-0.1, -0.05) is 44.2 Å². The second kappa shape index (κ2) is 9.82. The first kappa shape index (κ1) is 24.1. The van der Waals surface area contributed by atoms with E-state index in [1.54, 1.807) is 0 Å². The number of ether oxygens (including phenoxy) is 2. The lowest BCUT2D eigenvalue weighted by molar-refractivity contribution is -0.0348. The van der Waals surface area contributed by atoms with E-state index in [4.69, 9.17) is 9.47 Å². The first-order valence-corrected chi connectivity index (χ1v) is 13.0. The molecule has 2 atom stereocenters. The highest BCUT2D eigenvalue weighted by Gasteiger charge is 2.42. The lowest BCUT2D eigenvalue weighted by Gasteiger charge is -2.44. The lowest BCUT2D eigenvalue weighted by Crippen LogP contribution is -2.53. The van der Waals surface area contributed by atoms with E-state index in [0.29, 0.717) is 12.5 Å². The van der Waals surface area contributed by atoms with E-state index in [2.05, 4.69) is 59.3 Å². The number of piperidine rings is 3. The van der Waals surface area contributed by atoms with Gasteiger partial charge < -0.3 is 19.7 Å². The Hall–Kier alpha value is -2.57. The van der Waals surface area contributed by atoms with E-state index in [0.717, 1.165) is 56.8 Å². The Balaban J connectivity index is 1.28. The molecule has 2 aromatic carbocycles. The van der Waals surface area contributed by atoms with Crippen LogP contribution in [0.5, 0.6) is 5.75 Å². The van der Waals surface area contributed by atoms with Gasteiger partial charge in [0.2, 0.25) is 0 Å². The maximum absolute atomic E-state index is 12.9. The highest BCUT2D eigenvalue weighted by Crippen LogP contribution is 2.46. The molecule has 6 rings (SSSR count). The monoisotopic (exact) mass is 477 g/mol. The summed E-state index contributed by atoms with van der Waals surface area (Å²) in [6, 6.07) is 14.9. The number of hydrogen-bond donors (Lipinski definition) is 1. The summed E-state index contributed by atoms with van der Waals surface area (Å²) in [4.78, 5) is 17.5. The average Bonchev–Trinajstić information content (AvgIpc) is 3.08. The van der Waals surface area contributed by atoms with Gasteiger partial charge in [0.15, 0.2) is 0 Å². The van der Waals surface area contributed by atoms with Crippen molar-refractivity contribution in [2.24, 2.45) is 11.3 Å². The minimum Gasteiger partial charge on any atom is -0.492 e. The number of fused-ring (bicyclic) bond motifs is 4. The number of nitrogens with zero attached hydrogens (tertiary/aromatic N) is 2. The third kappa shape index (κ3) is 5.34. The second-order valence-corrected chi connectivity index (χ2v) is 11.4. The van der Waals surface area contributed by atoms with Crippen LogP contribution in [0.2, 0.25) is 0 Å². The Kier molecular flexibility index (Phi) is 6.78. The van der Waals surface area contributed by atoms with Crippen LogP contribution in [-0.4, -0.2) is 68.9 Å². The largest absolute Gasteiger partial charge is 0.492 e. The van der Waals surface area contributed by atoms with Gasteiger partial charge in [0.05, 0.1) is 6.04 Å². The summed E-state index contributed by atoms with van der Waals surface area (Å²) in [7, 11) is 4.09. The number of alkyl carbamates (subject to hydrolysis) is 1. The van der Waals surface area contributed by atoms with Gasteiger partial charge in [0.25, 0.3) is 0 Å². The molecule has 0 spiro atoms. The summed E-state index contributed by atoms with van der Waals surface area (Å²) < 4.78 is 11.9. The minimum absolute atomic E-state index is 0.0242. The minimum atomic E-state index is -0.277. The topological polar surface area (TPSA) is 54.0 Å². The van der Waals surface area contributed by atoms with Crippen molar-refractivity contribution < 1.29 is 14.3 Å². The summed E-state index contributed by atoms with van der Waals surface area (Å²) in [5.41, 5.74) is 4.73. The summed E-state index contributed by atoms with van der Waals surface area (Å²) in [5.74, 6) is 1.40. The molecule has 6 heteroatoms. The van der Waals surface area contributed by atoms with Gasteiger partial charge in [-0.2, -0.15) is 0 Å². The normalized spacial score (nSPS) is 26.4. The predicted octanol–water partition coefficient (Wildman–Crippen LogP) is 4.74. The lowest BCUT2D eigenvalue weighted by atomic mass is 9.85. The molecule has 0 saturated carbocycles. The molecule has 4 aliphatic rings. The molecule has 188 valence electrons. The molecule has 6 nitrogen and oxygen atoms in total. The predicted molar refractivity (Wildman–Crippen MR) is 139 cm³/mol. The van der Waals surface area contributed by atoms with E-state index >= 15 is 0 Å². The van der Waals surface area contributed by atoms with Crippen LogP contribution in [-0.2, 0) is 11.2 Å². The third-order valence-corrected chi connectivity index (χ3v) is 7.97. The van der Waals surface area contributed by atoms with E-state index in [-0.39, 0.29) is 23.7 Å². The van der Waals surface area contributed by atoms with Crippen LogP contribution in [0.3, 0.4) is 0 Å². The Morgan fingerprint density at radius 3 is 2.60 bits per heavy atom. The molecule has 0 aromatic heterocycles. The van der Waals surface area contributed by atoms with Crippen LogP contribution in [0.25, 0.3) is 11.1 Å². The van der Waals surface area contributed by atoms with Crippen molar-refractivity contribution in [2.45, 2.75) is 45.3 Å². The van der Waals surface area contributed by atoms with Crippen LogP contribution in [0.4, 0.5) is 4.79 Å². The van der Waals surface area contributed by atoms with Crippen LogP contribution in [0.1, 0.15) is 43.9 Å². The van der Waals surface area contributed by atoms with Gasteiger partial charge in [-0.25, -0.2) is 4.79 Å². The molecule has 3 aliphatic heterocycles. The number of hydrogen-bond acceptors (Lipinski definition) is 5. The first-order valence-electron chi connectivity index (χ1n) is 13.0. The van der Waals surface area contributed by atoms with Crippen molar-refractivity contribution in [3.05, 3.63) is 53.6 Å². The SMILES string of the molecule is CN(C)CCOc1cccc(-c2ccc3c(c2)CC(C)(C)C3NC(=O)O[C@H]2CN3CCC2CC3)c1. The van der Waals surface area contributed by atoms with E-state index in [1.165, 1.54) is 16.7 Å². The van der Waals surface area contributed by atoms with Crippen molar-refractivity contribution >= 4 is 6.09 Å². The van der Waals surface area contributed by atoms with Crippen LogP contribution < -0.4 is 10.1 Å². The maximum atomic E-state index is 12.9. The van der Waals surface area contributed by atoms with Crippen molar-refractivity contribution in [1.29, 1.82) is 0 Å². The fourth-order valence-corrected chi connectivity index (χ4v) is 5.95. The summed E-state index contributed by atoms with van der Waals surface area (Å²) in [6.45, 7) is 9.16. The molecule has 2 bridgehead atoms. The van der Waals surface area contributed by atoms with Gasteiger partial charge >= 0.3 is 6.09 Å². The average molecular weight is 478 g/mol. The van der Waals surface area contributed by atoms with Gasteiger partial charge in [-0.3, -0.25) is 4.90 Å². The zero-order valence-corrected chi connectivity index (χ0v) is 21.5. The van der Waals surface area contributed by atoms with Crippen LogP contribution in [0.15, 0.2) is 42.5 Å². The molecule has 1 unspecified atom stereocenters. The maximum Gasteiger partial charge on any atom is 0.407 e. The molecule has 3 saturated heterocycles. The molecular formula is C29H39N3O3. The Labute approximate surface area is 209 Å².